The van der Waals surface area contributed by atoms with Crippen molar-refractivity contribution in [2.24, 2.45) is 5.92 Å². The quantitative estimate of drug-likeness (QED) is 0.528. The van der Waals surface area contributed by atoms with Gasteiger partial charge >= 0.3 is 0 Å². The fourth-order valence-electron chi connectivity index (χ4n) is 0.559. The second kappa shape index (κ2) is 3.58. The predicted molar refractivity (Wildman–Crippen MR) is 32.7 cm³/mol. The summed E-state index contributed by atoms with van der Waals surface area (Å²) in [4.78, 5) is 10.3. The number of rotatable bonds is 3. The number of aliphatic hydroxyl groups is 2. The molecule has 0 aromatic rings. The Morgan fingerprint density at radius 3 is 2.11 bits per heavy atom. The molecule has 54 valence electrons. The molecule has 0 heterocycles. The van der Waals surface area contributed by atoms with Crippen LogP contribution in [-0.2, 0) is 4.79 Å². The van der Waals surface area contributed by atoms with Crippen LogP contribution in [-0.4, -0.2) is 22.3 Å². The van der Waals surface area contributed by atoms with E-state index in [4.69, 9.17) is 10.2 Å². The van der Waals surface area contributed by atoms with E-state index in [9.17, 15) is 4.79 Å². The Balaban J connectivity index is 3.50. The van der Waals surface area contributed by atoms with Gasteiger partial charge in [-0.05, 0) is 6.92 Å². The van der Waals surface area contributed by atoms with Crippen molar-refractivity contribution in [2.45, 2.75) is 26.6 Å². The van der Waals surface area contributed by atoms with Gasteiger partial charge in [0.2, 0.25) is 0 Å². The highest BCUT2D eigenvalue weighted by atomic mass is 16.5. The lowest BCUT2D eigenvalue weighted by Gasteiger charge is -2.09. The van der Waals surface area contributed by atoms with Gasteiger partial charge in [-0.3, -0.25) is 0 Å². The van der Waals surface area contributed by atoms with Crippen LogP contribution in [0.4, 0.5) is 0 Å². The molecule has 0 radical (unpaired) electrons. The maximum Gasteiger partial charge on any atom is 0.154 e. The van der Waals surface area contributed by atoms with E-state index in [0.29, 0.717) is 0 Å². The minimum absolute atomic E-state index is 0.0180. The molecule has 0 saturated carbocycles. The monoisotopic (exact) mass is 132 g/mol. The first-order valence-electron chi connectivity index (χ1n) is 2.89. The van der Waals surface area contributed by atoms with Crippen molar-refractivity contribution in [1.29, 1.82) is 0 Å². The number of Topliss-reactive ketones (excluding diaryl/α,β-unsaturated/α-hetero) is 1. The molecule has 0 saturated heterocycles. The third-order valence-electron chi connectivity index (χ3n) is 1.12. The van der Waals surface area contributed by atoms with Crippen molar-refractivity contribution in [3.63, 3.8) is 0 Å². The smallest absolute Gasteiger partial charge is 0.154 e. The molecule has 0 fully saturated rings. The van der Waals surface area contributed by atoms with Crippen LogP contribution in [0.1, 0.15) is 20.3 Å². The zero-order chi connectivity index (χ0) is 7.44. The van der Waals surface area contributed by atoms with Gasteiger partial charge in [0, 0.05) is 12.3 Å². The van der Waals surface area contributed by atoms with Crippen molar-refractivity contribution in [2.75, 3.05) is 0 Å². The lowest BCUT2D eigenvalue weighted by molar-refractivity contribution is -0.124. The van der Waals surface area contributed by atoms with Crippen LogP contribution < -0.4 is 0 Å². The molecular weight excluding hydrogens is 120 g/mol. The van der Waals surface area contributed by atoms with Gasteiger partial charge in [-0.1, -0.05) is 6.92 Å². The number of ketones is 1. The van der Waals surface area contributed by atoms with Gasteiger partial charge in [-0.2, -0.15) is 0 Å². The van der Waals surface area contributed by atoms with Crippen LogP contribution >= 0.6 is 0 Å². The molecule has 0 amide bonds. The molecule has 0 aliphatic carbocycles. The molecule has 0 bridgehead atoms. The predicted octanol–water partition coefficient (Wildman–Crippen LogP) is -0.0877. The first-order chi connectivity index (χ1) is 4.04. The Morgan fingerprint density at radius 1 is 1.56 bits per heavy atom. The highest BCUT2D eigenvalue weighted by Gasteiger charge is 2.11. The average molecular weight is 132 g/mol. The largest absolute Gasteiger partial charge is 0.368 e. The van der Waals surface area contributed by atoms with E-state index in [2.05, 4.69) is 0 Å². The average Bonchev–Trinajstić information content (AvgIpc) is 1.63. The summed E-state index contributed by atoms with van der Waals surface area (Å²) in [6, 6.07) is 0. The Bertz CT molecular complexity index is 98.5. The molecule has 1 unspecified atom stereocenters. The molecule has 9 heavy (non-hydrogen) atoms. The zero-order valence-electron chi connectivity index (χ0n) is 5.66. The molecule has 0 aliphatic heterocycles. The third kappa shape index (κ3) is 4.12. The molecule has 2 N–H and O–H groups in total. The Hall–Kier alpha value is -0.410. The number of aliphatic hydroxyl groups excluding tert-OH is 1. The molecular formula is C6H12O3. The van der Waals surface area contributed by atoms with Gasteiger partial charge in [0.15, 0.2) is 6.29 Å². The van der Waals surface area contributed by atoms with Crippen LogP contribution in [0.15, 0.2) is 0 Å². The molecule has 0 aromatic heterocycles. The standard InChI is InChI=1S/C6H12O3/c1-4(6(8)9)3-5(2)7/h4,6,8-9H,3H2,1-2H3. The summed E-state index contributed by atoms with van der Waals surface area (Å²) in [5.74, 6) is -0.363. The number of hydrogen-bond acceptors (Lipinski definition) is 3. The maximum atomic E-state index is 10.3. The minimum atomic E-state index is -1.37. The SMILES string of the molecule is CC(=O)CC(C)C(O)O. The van der Waals surface area contributed by atoms with E-state index in [1.165, 1.54) is 6.92 Å². The molecule has 0 spiro atoms. The molecule has 3 nitrogen and oxygen atoms in total. The van der Waals surface area contributed by atoms with Gasteiger partial charge < -0.3 is 15.0 Å². The highest BCUT2D eigenvalue weighted by molar-refractivity contribution is 5.75. The van der Waals surface area contributed by atoms with Crippen LogP contribution in [0.5, 0.6) is 0 Å². The summed E-state index contributed by atoms with van der Waals surface area (Å²) in [6.07, 6.45) is -1.13. The number of hydrogen-bond donors (Lipinski definition) is 2. The fourth-order valence-corrected chi connectivity index (χ4v) is 0.559. The summed E-state index contributed by atoms with van der Waals surface area (Å²) in [7, 11) is 0. The van der Waals surface area contributed by atoms with E-state index in [1.54, 1.807) is 6.92 Å². The van der Waals surface area contributed by atoms with Crippen LogP contribution in [0.2, 0.25) is 0 Å². The zero-order valence-corrected chi connectivity index (χ0v) is 5.66. The Morgan fingerprint density at radius 2 is 2.00 bits per heavy atom. The normalized spacial score (nSPS) is 13.9. The summed E-state index contributed by atoms with van der Waals surface area (Å²) in [5.41, 5.74) is 0. The summed E-state index contributed by atoms with van der Waals surface area (Å²) in [5, 5.41) is 16.9. The number of carbonyl (C=O) groups excluding carboxylic acids is 1. The molecule has 0 rings (SSSR count). The van der Waals surface area contributed by atoms with Crippen LogP contribution in [0.25, 0.3) is 0 Å². The Kier molecular flexibility index (Phi) is 3.42. The molecule has 0 aliphatic rings. The summed E-state index contributed by atoms with van der Waals surface area (Å²) >= 11 is 0. The minimum Gasteiger partial charge on any atom is -0.368 e. The van der Waals surface area contributed by atoms with Gasteiger partial charge in [0.1, 0.15) is 5.78 Å². The van der Waals surface area contributed by atoms with Gasteiger partial charge in [0.25, 0.3) is 0 Å². The second-order valence-corrected chi connectivity index (χ2v) is 2.30. The van der Waals surface area contributed by atoms with Crippen molar-refractivity contribution in [3.05, 3.63) is 0 Å². The lowest BCUT2D eigenvalue weighted by atomic mass is 10.1. The highest BCUT2D eigenvalue weighted by Crippen LogP contribution is 2.05. The van der Waals surface area contributed by atoms with E-state index in [1.807, 2.05) is 0 Å². The maximum absolute atomic E-state index is 10.3. The van der Waals surface area contributed by atoms with E-state index >= 15 is 0 Å². The topological polar surface area (TPSA) is 57.5 Å². The van der Waals surface area contributed by atoms with Crippen LogP contribution in [0.3, 0.4) is 0 Å². The van der Waals surface area contributed by atoms with E-state index in [-0.39, 0.29) is 18.1 Å². The fraction of sp³-hybridized carbons (Fsp3) is 0.833. The van der Waals surface area contributed by atoms with Gasteiger partial charge in [-0.25, -0.2) is 0 Å². The van der Waals surface area contributed by atoms with Crippen molar-refractivity contribution in [3.8, 4) is 0 Å². The third-order valence-corrected chi connectivity index (χ3v) is 1.12. The molecule has 1 atom stereocenters. The van der Waals surface area contributed by atoms with Crippen LogP contribution in [0, 0.1) is 5.92 Å². The van der Waals surface area contributed by atoms with E-state index in [0.717, 1.165) is 0 Å². The van der Waals surface area contributed by atoms with Crippen molar-refractivity contribution >= 4 is 5.78 Å². The first-order valence-corrected chi connectivity index (χ1v) is 2.89. The summed E-state index contributed by atoms with van der Waals surface area (Å²) < 4.78 is 0. The second-order valence-electron chi connectivity index (χ2n) is 2.30. The summed E-state index contributed by atoms with van der Waals surface area (Å²) in [6.45, 7) is 3.05. The van der Waals surface area contributed by atoms with Gasteiger partial charge in [0.05, 0.1) is 0 Å². The van der Waals surface area contributed by atoms with Gasteiger partial charge in [-0.15, -0.1) is 0 Å². The van der Waals surface area contributed by atoms with Crippen molar-refractivity contribution < 1.29 is 15.0 Å². The lowest BCUT2D eigenvalue weighted by Crippen LogP contribution is -2.18. The Labute approximate surface area is 54.3 Å². The first kappa shape index (κ1) is 8.59. The van der Waals surface area contributed by atoms with E-state index < -0.39 is 6.29 Å². The number of carbonyl (C=O) groups is 1. The molecule has 0 aromatic carbocycles. The van der Waals surface area contributed by atoms with Crippen molar-refractivity contribution in [1.82, 2.24) is 0 Å². The molecule has 3 heteroatoms.